The highest BCUT2D eigenvalue weighted by molar-refractivity contribution is 5.78. The number of fused-ring (bicyclic) bond motifs is 1. The quantitative estimate of drug-likeness (QED) is 0.758. The van der Waals surface area contributed by atoms with Gasteiger partial charge in [0.15, 0.2) is 5.65 Å². The highest BCUT2D eigenvalue weighted by Gasteiger charge is 2.30. The predicted octanol–water partition coefficient (Wildman–Crippen LogP) is 3.18. The highest BCUT2D eigenvalue weighted by Crippen LogP contribution is 2.32. The third kappa shape index (κ3) is 3.43. The van der Waals surface area contributed by atoms with Gasteiger partial charge in [0.05, 0.1) is 23.7 Å². The van der Waals surface area contributed by atoms with E-state index < -0.39 is 23.5 Å². The lowest BCUT2D eigenvalue weighted by Gasteiger charge is -2.10. The Labute approximate surface area is 140 Å². The molecule has 0 saturated heterocycles. The summed E-state index contributed by atoms with van der Waals surface area (Å²) in [5.41, 5.74) is 0.392. The normalized spacial score (nSPS) is 13.3. The number of hydrogen-bond acceptors (Lipinski definition) is 3. The first kappa shape index (κ1) is 17.2. The lowest BCUT2D eigenvalue weighted by atomic mass is 10.0. The van der Waals surface area contributed by atoms with Crippen LogP contribution in [0.1, 0.15) is 18.9 Å². The Hall–Kier alpha value is -2.61. The Morgan fingerprint density at radius 3 is 2.72 bits per heavy atom. The van der Waals surface area contributed by atoms with Crippen LogP contribution in [0.5, 0.6) is 0 Å². The van der Waals surface area contributed by atoms with Gasteiger partial charge >= 0.3 is 11.9 Å². The number of nitrogens with zero attached hydrogens (tertiary/aromatic N) is 2. The van der Waals surface area contributed by atoms with Crippen molar-refractivity contribution in [2.45, 2.75) is 32.2 Å². The number of aliphatic hydroxyl groups excluding tert-OH is 1. The van der Waals surface area contributed by atoms with Crippen LogP contribution in [0.3, 0.4) is 0 Å². The van der Waals surface area contributed by atoms with E-state index in [1.54, 1.807) is 19.1 Å². The molecule has 132 valence electrons. The molecule has 0 amide bonds. The third-order valence-electron chi connectivity index (χ3n) is 4.02. The van der Waals surface area contributed by atoms with Crippen molar-refractivity contribution in [3.63, 3.8) is 0 Å². The van der Waals surface area contributed by atoms with Crippen LogP contribution in [0.25, 0.3) is 22.3 Å². The third-order valence-corrected chi connectivity index (χ3v) is 4.02. The van der Waals surface area contributed by atoms with Crippen LogP contribution < -0.4 is 5.69 Å². The number of aliphatic hydroxyl groups is 1. The van der Waals surface area contributed by atoms with Gasteiger partial charge in [-0.3, -0.25) is 9.55 Å². The van der Waals surface area contributed by atoms with E-state index in [1.807, 2.05) is 0 Å². The fraction of sp³-hybridized carbons (Fsp3) is 0.294. The molecule has 0 unspecified atom stereocenters. The van der Waals surface area contributed by atoms with Gasteiger partial charge in [-0.25, -0.2) is 9.78 Å². The van der Waals surface area contributed by atoms with Crippen molar-refractivity contribution in [2.24, 2.45) is 0 Å². The molecule has 0 aliphatic carbocycles. The number of benzene rings is 1. The van der Waals surface area contributed by atoms with Crippen LogP contribution >= 0.6 is 0 Å². The topological polar surface area (TPSA) is 70.9 Å². The lowest BCUT2D eigenvalue weighted by Crippen LogP contribution is -2.24. The van der Waals surface area contributed by atoms with Crippen molar-refractivity contribution >= 4 is 11.2 Å². The molecule has 25 heavy (non-hydrogen) atoms. The summed E-state index contributed by atoms with van der Waals surface area (Å²) in [5.74, 6) is 0. The monoisotopic (exact) mass is 351 g/mol. The van der Waals surface area contributed by atoms with Crippen molar-refractivity contribution in [2.75, 3.05) is 0 Å². The summed E-state index contributed by atoms with van der Waals surface area (Å²) >= 11 is 0. The van der Waals surface area contributed by atoms with E-state index in [1.165, 1.54) is 16.8 Å². The number of H-pyrrole nitrogens is 1. The molecule has 5 nitrogen and oxygen atoms in total. The van der Waals surface area contributed by atoms with Gasteiger partial charge in [0, 0.05) is 11.8 Å². The molecule has 1 aromatic carbocycles. The molecule has 0 bridgehead atoms. The number of aromatic nitrogens is 3. The second-order valence-electron chi connectivity index (χ2n) is 5.77. The van der Waals surface area contributed by atoms with Gasteiger partial charge in [0.25, 0.3) is 0 Å². The molecule has 1 atom stereocenters. The van der Waals surface area contributed by atoms with Gasteiger partial charge in [0.2, 0.25) is 0 Å². The Kier molecular flexibility index (Phi) is 4.38. The molecule has 2 N–H and O–H groups in total. The number of hydrogen-bond donors (Lipinski definition) is 2. The smallest absolute Gasteiger partial charge is 0.391 e. The van der Waals surface area contributed by atoms with E-state index in [0.717, 1.165) is 12.1 Å². The minimum atomic E-state index is -4.44. The maximum Gasteiger partial charge on any atom is 0.416 e. The maximum absolute atomic E-state index is 12.9. The van der Waals surface area contributed by atoms with Gasteiger partial charge in [-0.05, 0) is 30.2 Å². The molecular weight excluding hydrogens is 335 g/mol. The van der Waals surface area contributed by atoms with Crippen molar-refractivity contribution in [3.8, 4) is 11.1 Å². The van der Waals surface area contributed by atoms with Crippen LogP contribution in [0.4, 0.5) is 13.2 Å². The van der Waals surface area contributed by atoms with Crippen molar-refractivity contribution in [1.82, 2.24) is 14.5 Å². The molecular formula is C17H16F3N3O2. The number of pyridine rings is 1. The molecule has 0 spiro atoms. The zero-order valence-electron chi connectivity index (χ0n) is 13.3. The van der Waals surface area contributed by atoms with Crippen molar-refractivity contribution in [1.29, 1.82) is 0 Å². The summed E-state index contributed by atoms with van der Waals surface area (Å²) in [6, 6.07) is 6.51. The summed E-state index contributed by atoms with van der Waals surface area (Å²) in [5, 5.41) is 9.81. The van der Waals surface area contributed by atoms with Gasteiger partial charge in [-0.2, -0.15) is 13.2 Å². The Bertz CT molecular complexity index is 960. The number of halogens is 3. The summed E-state index contributed by atoms with van der Waals surface area (Å²) in [6.07, 6.45) is -3.25. The van der Waals surface area contributed by atoms with Gasteiger partial charge in [0.1, 0.15) is 0 Å². The van der Waals surface area contributed by atoms with Crippen LogP contribution in [0.15, 0.2) is 41.3 Å². The first-order valence-electron chi connectivity index (χ1n) is 7.74. The van der Waals surface area contributed by atoms with Crippen molar-refractivity contribution < 1.29 is 18.3 Å². The largest absolute Gasteiger partial charge is 0.416 e. The van der Waals surface area contributed by atoms with E-state index >= 15 is 0 Å². The number of imidazole rings is 1. The number of rotatable bonds is 4. The molecule has 2 aromatic heterocycles. The zero-order valence-corrected chi connectivity index (χ0v) is 13.3. The fourth-order valence-electron chi connectivity index (χ4n) is 2.59. The molecule has 2 heterocycles. The molecule has 0 saturated carbocycles. The SMILES string of the molecule is CC[C@@H](O)Cn1c(=O)[nH]c2ncc(-c3cccc(C(F)(F)F)c3)cc21. The molecule has 8 heteroatoms. The summed E-state index contributed by atoms with van der Waals surface area (Å²) in [7, 11) is 0. The number of nitrogens with one attached hydrogen (secondary N) is 1. The first-order chi connectivity index (χ1) is 11.8. The van der Waals surface area contributed by atoms with Crippen molar-refractivity contribution in [3.05, 3.63) is 52.6 Å². The van der Waals surface area contributed by atoms with E-state index in [0.29, 0.717) is 28.7 Å². The Balaban J connectivity index is 2.10. The average Bonchev–Trinajstić information content (AvgIpc) is 2.89. The minimum Gasteiger partial charge on any atom is -0.391 e. The molecule has 0 aliphatic rings. The predicted molar refractivity (Wildman–Crippen MR) is 87.1 cm³/mol. The zero-order chi connectivity index (χ0) is 18.2. The highest BCUT2D eigenvalue weighted by atomic mass is 19.4. The molecule has 3 rings (SSSR count). The van der Waals surface area contributed by atoms with E-state index in [4.69, 9.17) is 0 Å². The lowest BCUT2D eigenvalue weighted by molar-refractivity contribution is -0.137. The minimum absolute atomic E-state index is 0.0864. The number of aromatic amines is 1. The summed E-state index contributed by atoms with van der Waals surface area (Å²) in [6.45, 7) is 1.87. The molecule has 0 fully saturated rings. The fourth-order valence-corrected chi connectivity index (χ4v) is 2.59. The first-order valence-corrected chi connectivity index (χ1v) is 7.74. The molecule has 3 aromatic rings. The van der Waals surface area contributed by atoms with E-state index in [9.17, 15) is 23.1 Å². The van der Waals surface area contributed by atoms with Crippen LogP contribution in [-0.2, 0) is 12.7 Å². The summed E-state index contributed by atoms with van der Waals surface area (Å²) < 4.78 is 40.0. The average molecular weight is 351 g/mol. The molecule has 0 aliphatic heterocycles. The standard InChI is InChI=1S/C17H16F3N3O2/c1-2-13(24)9-23-14-7-11(8-21-15(14)22-16(23)25)10-4-3-5-12(6-10)17(18,19)20/h3-8,13,24H,2,9H2,1H3,(H,21,22,25)/t13-/m1/s1. The number of alkyl halides is 3. The summed E-state index contributed by atoms with van der Waals surface area (Å²) in [4.78, 5) is 18.7. The van der Waals surface area contributed by atoms with Crippen LogP contribution in [-0.4, -0.2) is 25.7 Å². The van der Waals surface area contributed by atoms with Crippen LogP contribution in [0, 0.1) is 0 Å². The molecule has 0 radical (unpaired) electrons. The van der Waals surface area contributed by atoms with Gasteiger partial charge in [-0.1, -0.05) is 19.1 Å². The van der Waals surface area contributed by atoms with Gasteiger partial charge < -0.3 is 5.11 Å². The maximum atomic E-state index is 12.9. The van der Waals surface area contributed by atoms with Gasteiger partial charge in [-0.15, -0.1) is 0 Å². The second-order valence-corrected chi connectivity index (χ2v) is 5.77. The van der Waals surface area contributed by atoms with E-state index in [-0.39, 0.29) is 6.54 Å². The van der Waals surface area contributed by atoms with E-state index in [2.05, 4.69) is 9.97 Å². The van der Waals surface area contributed by atoms with Crippen LogP contribution in [0.2, 0.25) is 0 Å². The Morgan fingerprint density at radius 2 is 2.04 bits per heavy atom. The second kappa shape index (κ2) is 6.36. The Morgan fingerprint density at radius 1 is 1.28 bits per heavy atom.